The summed E-state index contributed by atoms with van der Waals surface area (Å²) < 4.78 is 40.8. The lowest BCUT2D eigenvalue weighted by Crippen LogP contribution is -2.21. The van der Waals surface area contributed by atoms with E-state index >= 15 is 0 Å². The van der Waals surface area contributed by atoms with Crippen molar-refractivity contribution in [3.05, 3.63) is 0 Å². The van der Waals surface area contributed by atoms with Crippen LogP contribution < -0.4 is 0 Å². The molecule has 3 nitrogen and oxygen atoms in total. The molecule has 0 aliphatic rings. The summed E-state index contributed by atoms with van der Waals surface area (Å²) >= 11 is 0. The number of alkyl halides is 3. The highest BCUT2D eigenvalue weighted by atomic mass is 36.0. The highest BCUT2D eigenvalue weighted by molar-refractivity contribution is 8.31. The van der Waals surface area contributed by atoms with E-state index in [0.29, 0.717) is 0 Å². The van der Waals surface area contributed by atoms with Crippen LogP contribution in [0, 0.1) is 0 Å². The van der Waals surface area contributed by atoms with E-state index in [-0.39, 0.29) is 0 Å². The molecule has 0 heterocycles. The fourth-order valence-corrected chi connectivity index (χ4v) is 0. The third kappa shape index (κ3) is 17.8. The maximum Gasteiger partial charge on any atom is 0.490 e. The number of halogens is 5. The van der Waals surface area contributed by atoms with E-state index in [0.717, 1.165) is 0 Å². The molecule has 0 amide bonds. The van der Waals surface area contributed by atoms with Gasteiger partial charge in [-0.3, -0.25) is 0 Å². The van der Waals surface area contributed by atoms with Crippen LogP contribution in [0.25, 0.3) is 0 Å². The minimum absolute atomic E-state index is 1.67. The minimum atomic E-state index is -5.08. The number of carboxylic acid groups (broad SMARTS) is 1. The van der Waals surface area contributed by atoms with Crippen LogP contribution in [0.4, 0.5) is 13.2 Å². The van der Waals surface area contributed by atoms with Crippen LogP contribution in [0.2, 0.25) is 0 Å². The van der Waals surface area contributed by atoms with Crippen LogP contribution >= 0.6 is 21.4 Å². The van der Waals surface area contributed by atoms with E-state index < -0.39 is 21.7 Å². The molecule has 0 radical (unpaired) electrons. The Balaban J connectivity index is 0. The fraction of sp³-hybridized carbons (Fsp3) is 0.500. The van der Waals surface area contributed by atoms with Crippen molar-refractivity contribution in [1.29, 1.82) is 0 Å². The molecule has 11 heavy (non-hydrogen) atoms. The SMILES string of the molecule is O=C(O)C(F)(F)F.[O-][S+](Cl)Cl. The van der Waals surface area contributed by atoms with Crippen LogP contribution in [0.1, 0.15) is 0 Å². The summed E-state index contributed by atoms with van der Waals surface area (Å²) in [5.74, 6) is -2.76. The zero-order chi connectivity index (χ0) is 9.65. The summed E-state index contributed by atoms with van der Waals surface area (Å²) in [4.78, 5) is 8.90. The van der Waals surface area contributed by atoms with Crippen molar-refractivity contribution in [2.24, 2.45) is 0 Å². The molecule has 0 aliphatic carbocycles. The quantitative estimate of drug-likeness (QED) is 0.647. The molecule has 0 bridgehead atoms. The van der Waals surface area contributed by atoms with Crippen molar-refractivity contribution < 1.29 is 27.6 Å². The minimum Gasteiger partial charge on any atom is -0.582 e. The van der Waals surface area contributed by atoms with Gasteiger partial charge in [0.1, 0.15) is 0 Å². The van der Waals surface area contributed by atoms with E-state index in [9.17, 15) is 13.2 Å². The van der Waals surface area contributed by atoms with Crippen molar-refractivity contribution in [3.8, 4) is 0 Å². The lowest BCUT2D eigenvalue weighted by atomic mass is 10.7. The first kappa shape index (κ1) is 13.7. The topological polar surface area (TPSA) is 60.4 Å². The van der Waals surface area contributed by atoms with E-state index in [1.165, 1.54) is 0 Å². The normalized spacial score (nSPS) is 10.5. The van der Waals surface area contributed by atoms with E-state index in [2.05, 4.69) is 21.4 Å². The van der Waals surface area contributed by atoms with Gasteiger partial charge in [0.05, 0.1) is 0 Å². The number of aliphatic carboxylic acids is 1. The Morgan fingerprint density at radius 2 is 1.55 bits per heavy atom. The summed E-state index contributed by atoms with van der Waals surface area (Å²) in [6.07, 6.45) is -5.08. The van der Waals surface area contributed by atoms with Gasteiger partial charge in [-0.1, -0.05) is 0 Å². The van der Waals surface area contributed by atoms with Gasteiger partial charge in [0.25, 0.3) is 0 Å². The highest BCUT2D eigenvalue weighted by Crippen LogP contribution is 2.13. The van der Waals surface area contributed by atoms with Crippen LogP contribution in [0.3, 0.4) is 0 Å². The number of carboxylic acids is 1. The molecular weight excluding hydrogens is 232 g/mol. The zero-order valence-electron chi connectivity index (χ0n) is 4.56. The number of carbonyl (C=O) groups is 1. The lowest BCUT2D eigenvalue weighted by Gasteiger charge is -1.93. The third-order valence-electron chi connectivity index (χ3n) is 0.243. The van der Waals surface area contributed by atoms with Gasteiger partial charge in [0, 0.05) is 0 Å². The molecule has 0 aromatic heterocycles. The molecule has 68 valence electrons. The Hall–Kier alpha value is 0.150. The van der Waals surface area contributed by atoms with Gasteiger partial charge < -0.3 is 9.66 Å². The Labute approximate surface area is 71.3 Å². The van der Waals surface area contributed by atoms with Crippen LogP contribution in [-0.2, 0) is 14.4 Å². The Kier molecular flexibility index (Phi) is 7.18. The summed E-state index contributed by atoms with van der Waals surface area (Å²) in [7, 11) is 7.36. The third-order valence-corrected chi connectivity index (χ3v) is 0.243. The first-order chi connectivity index (χ1) is 4.68. The molecule has 0 fully saturated rings. The van der Waals surface area contributed by atoms with Gasteiger partial charge in [-0.25, -0.2) is 4.79 Å². The summed E-state index contributed by atoms with van der Waals surface area (Å²) in [5, 5.41) is 7.12. The monoisotopic (exact) mass is 232 g/mol. The molecular formula is C2HCl2F3O3S. The molecule has 0 aromatic rings. The molecule has 9 heteroatoms. The highest BCUT2D eigenvalue weighted by Gasteiger charge is 2.38. The molecule has 0 rings (SSSR count). The largest absolute Gasteiger partial charge is 0.582 e. The van der Waals surface area contributed by atoms with Gasteiger partial charge >= 0.3 is 12.1 Å². The molecule has 0 atom stereocenters. The molecule has 1 N–H and O–H groups in total. The van der Waals surface area contributed by atoms with Crippen LogP contribution in [0.5, 0.6) is 0 Å². The maximum absolute atomic E-state index is 10.6. The number of hydrogen-bond donors (Lipinski definition) is 1. The summed E-state index contributed by atoms with van der Waals surface area (Å²) in [6.45, 7) is 0. The Bertz CT molecular complexity index is 123. The predicted octanol–water partition coefficient (Wildman–Crippen LogP) is 1.68. The van der Waals surface area contributed by atoms with Gasteiger partial charge in [-0.05, 0) is 0 Å². The van der Waals surface area contributed by atoms with E-state index in [4.69, 9.17) is 14.5 Å². The number of rotatable bonds is 0. The predicted molar refractivity (Wildman–Crippen MR) is 33.5 cm³/mol. The van der Waals surface area contributed by atoms with Gasteiger partial charge in [-0.15, -0.1) is 0 Å². The van der Waals surface area contributed by atoms with Crippen molar-refractivity contribution in [2.75, 3.05) is 0 Å². The molecule has 0 saturated heterocycles. The van der Waals surface area contributed by atoms with Crippen LogP contribution in [0.15, 0.2) is 0 Å². The van der Waals surface area contributed by atoms with E-state index in [1.807, 2.05) is 0 Å². The summed E-state index contributed by atoms with van der Waals surface area (Å²) in [5.41, 5.74) is 0. The molecule has 0 aromatic carbocycles. The van der Waals surface area contributed by atoms with E-state index in [1.54, 1.807) is 0 Å². The number of hydrogen-bond acceptors (Lipinski definition) is 2. The maximum atomic E-state index is 10.6. The summed E-state index contributed by atoms with van der Waals surface area (Å²) in [6, 6.07) is 0. The molecule has 0 saturated carbocycles. The Morgan fingerprint density at radius 3 is 1.55 bits per heavy atom. The van der Waals surface area contributed by atoms with Crippen molar-refractivity contribution in [1.82, 2.24) is 0 Å². The molecule has 0 spiro atoms. The Morgan fingerprint density at radius 1 is 1.45 bits per heavy atom. The smallest absolute Gasteiger partial charge is 0.490 e. The van der Waals surface area contributed by atoms with Crippen LogP contribution in [-0.4, -0.2) is 21.8 Å². The second-order valence-electron chi connectivity index (χ2n) is 0.987. The average molecular weight is 233 g/mol. The second-order valence-corrected chi connectivity index (χ2v) is 3.51. The van der Waals surface area contributed by atoms with Gasteiger partial charge in [-0.2, -0.15) is 13.2 Å². The molecule has 0 unspecified atom stereocenters. The first-order valence-corrected chi connectivity index (χ1v) is 4.52. The average Bonchev–Trinajstić information content (AvgIpc) is 1.59. The van der Waals surface area contributed by atoms with Crippen molar-refractivity contribution in [3.63, 3.8) is 0 Å². The lowest BCUT2D eigenvalue weighted by molar-refractivity contribution is -0.192. The second kappa shape index (κ2) is 5.76. The fourth-order valence-electron chi connectivity index (χ4n) is 0. The van der Waals surface area contributed by atoms with Gasteiger partial charge in [0.2, 0.25) is 0 Å². The zero-order valence-corrected chi connectivity index (χ0v) is 6.89. The van der Waals surface area contributed by atoms with Gasteiger partial charge in [0.15, 0.2) is 31.0 Å². The first-order valence-electron chi connectivity index (χ1n) is 1.72. The van der Waals surface area contributed by atoms with Crippen molar-refractivity contribution in [2.45, 2.75) is 6.18 Å². The van der Waals surface area contributed by atoms with Crippen molar-refractivity contribution >= 4 is 36.9 Å². The standard InChI is InChI=1S/C2HF3O2.Cl2OS/c3-2(4,5)1(6)7;1-4(2)3/h(H,6,7);. The molecule has 0 aliphatic heterocycles.